The van der Waals surface area contributed by atoms with Crippen LogP contribution in [-0.2, 0) is 6.42 Å². The minimum absolute atomic E-state index is 0.218. The van der Waals surface area contributed by atoms with Crippen molar-refractivity contribution in [2.24, 2.45) is 0 Å². The molecule has 0 aliphatic carbocycles. The lowest BCUT2D eigenvalue weighted by atomic mass is 10.0. The number of nitrogens with zero attached hydrogens (tertiary/aromatic N) is 5. The highest BCUT2D eigenvalue weighted by molar-refractivity contribution is 5.83. The maximum Gasteiger partial charge on any atom is 0.135 e. The summed E-state index contributed by atoms with van der Waals surface area (Å²) in [7, 11) is 0. The molecule has 0 aromatic carbocycles. The van der Waals surface area contributed by atoms with Crippen LogP contribution < -0.4 is 5.32 Å². The summed E-state index contributed by atoms with van der Waals surface area (Å²) in [5.74, 6) is 0.896. The van der Waals surface area contributed by atoms with Crippen molar-refractivity contribution in [2.75, 3.05) is 31.5 Å². The molecule has 4 rings (SSSR count). The molecule has 0 amide bonds. The quantitative estimate of drug-likeness (QED) is 0.906. The summed E-state index contributed by atoms with van der Waals surface area (Å²) in [6.45, 7) is 5.24. The summed E-state index contributed by atoms with van der Waals surface area (Å²) in [4.78, 5) is 6.51. The molecule has 0 unspecified atom stereocenters. The molecule has 1 fully saturated rings. The van der Waals surface area contributed by atoms with Crippen molar-refractivity contribution in [2.45, 2.75) is 32.0 Å². The molecular weight excluding hydrogens is 271 g/mol. The van der Waals surface area contributed by atoms with Crippen molar-refractivity contribution in [3.05, 3.63) is 11.8 Å². The smallest absolute Gasteiger partial charge is 0.135 e. The summed E-state index contributed by atoms with van der Waals surface area (Å²) >= 11 is 0. The van der Waals surface area contributed by atoms with Gasteiger partial charge in [-0.1, -0.05) is 12.1 Å². The average Bonchev–Trinajstić information content (AvgIpc) is 3.12. The van der Waals surface area contributed by atoms with Gasteiger partial charge in [0.1, 0.15) is 17.5 Å². The van der Waals surface area contributed by atoms with Gasteiger partial charge in [0.25, 0.3) is 0 Å². The van der Waals surface area contributed by atoms with E-state index >= 15 is 0 Å². The Morgan fingerprint density at radius 3 is 3.19 bits per heavy atom. The Kier molecular flexibility index (Phi) is 3.02. The van der Waals surface area contributed by atoms with E-state index in [0.717, 1.165) is 54.9 Å². The van der Waals surface area contributed by atoms with Gasteiger partial charge < -0.3 is 10.2 Å². The monoisotopic (exact) mass is 290 g/mol. The molecule has 0 radical (unpaired) electrons. The van der Waals surface area contributed by atoms with Crippen molar-refractivity contribution >= 4 is 16.9 Å². The molecule has 1 N–H and O–H groups in total. The second kappa shape index (κ2) is 4.91. The van der Waals surface area contributed by atoms with E-state index in [1.165, 1.54) is 0 Å². The number of pyridine rings is 1. The van der Waals surface area contributed by atoms with Crippen LogP contribution in [-0.4, -0.2) is 57.2 Å². The van der Waals surface area contributed by atoms with E-state index in [1.54, 1.807) is 10.9 Å². The van der Waals surface area contributed by atoms with Gasteiger partial charge in [0.15, 0.2) is 0 Å². The lowest BCUT2D eigenvalue weighted by molar-refractivity contribution is 0.0885. The van der Waals surface area contributed by atoms with Gasteiger partial charge in [-0.15, -0.1) is 5.10 Å². The number of rotatable bonds is 2. The molecule has 21 heavy (non-hydrogen) atoms. The van der Waals surface area contributed by atoms with Crippen LogP contribution in [0, 0.1) is 0 Å². The van der Waals surface area contributed by atoms with Crippen molar-refractivity contribution in [3.8, 4) is 0 Å². The highest BCUT2D eigenvalue weighted by atomic mass is 19.1. The van der Waals surface area contributed by atoms with Gasteiger partial charge in [-0.25, -0.2) is 14.1 Å². The van der Waals surface area contributed by atoms with Gasteiger partial charge in [0.05, 0.1) is 17.8 Å². The fourth-order valence-corrected chi connectivity index (χ4v) is 3.45. The van der Waals surface area contributed by atoms with Crippen molar-refractivity contribution in [3.63, 3.8) is 0 Å². The van der Waals surface area contributed by atoms with Gasteiger partial charge in [-0.2, -0.15) is 0 Å². The van der Waals surface area contributed by atoms with Gasteiger partial charge >= 0.3 is 0 Å². The number of alkyl halides is 1. The van der Waals surface area contributed by atoms with Crippen LogP contribution in [0.4, 0.5) is 10.2 Å². The molecule has 4 heterocycles. The third kappa shape index (κ3) is 1.98. The van der Waals surface area contributed by atoms with E-state index in [1.807, 2.05) is 0 Å². The Morgan fingerprint density at radius 1 is 1.48 bits per heavy atom. The van der Waals surface area contributed by atoms with Crippen LogP contribution >= 0.6 is 0 Å². The van der Waals surface area contributed by atoms with Crippen molar-refractivity contribution < 1.29 is 4.39 Å². The maximum absolute atomic E-state index is 14.6. The molecule has 112 valence electrons. The van der Waals surface area contributed by atoms with Crippen molar-refractivity contribution in [1.82, 2.24) is 24.9 Å². The van der Waals surface area contributed by atoms with Crippen LogP contribution in [0.15, 0.2) is 6.20 Å². The second-order valence-corrected chi connectivity index (χ2v) is 5.80. The Morgan fingerprint density at radius 2 is 2.38 bits per heavy atom. The number of likely N-dealkylation sites (tertiary alicyclic amines) is 1. The third-order valence-corrected chi connectivity index (χ3v) is 4.63. The summed E-state index contributed by atoms with van der Waals surface area (Å²) in [5.41, 5.74) is 2.85. The van der Waals surface area contributed by atoms with E-state index in [-0.39, 0.29) is 6.04 Å². The first-order chi connectivity index (χ1) is 10.3. The summed E-state index contributed by atoms with van der Waals surface area (Å²) < 4.78 is 16.4. The van der Waals surface area contributed by atoms with Gasteiger partial charge in [-0.05, 0) is 19.4 Å². The zero-order chi connectivity index (χ0) is 14.4. The Bertz CT molecular complexity index is 669. The molecule has 2 aromatic rings. The number of anilines is 1. The molecule has 0 saturated carbocycles. The largest absolute Gasteiger partial charge is 0.369 e. The number of aromatic nitrogens is 4. The highest BCUT2D eigenvalue weighted by Crippen LogP contribution is 2.32. The van der Waals surface area contributed by atoms with E-state index in [0.29, 0.717) is 6.54 Å². The second-order valence-electron chi connectivity index (χ2n) is 5.80. The molecule has 0 spiro atoms. The fourth-order valence-electron chi connectivity index (χ4n) is 3.45. The summed E-state index contributed by atoms with van der Waals surface area (Å²) in [6, 6.07) is -0.218. The normalized spacial score (nSPS) is 26.0. The first kappa shape index (κ1) is 12.9. The van der Waals surface area contributed by atoms with E-state index in [4.69, 9.17) is 0 Å². The summed E-state index contributed by atoms with van der Waals surface area (Å²) in [6.07, 6.45) is 2.50. The topological polar surface area (TPSA) is 58.9 Å². The molecule has 0 bridgehead atoms. The first-order valence-corrected chi connectivity index (χ1v) is 7.61. The molecule has 2 atom stereocenters. The average molecular weight is 290 g/mol. The standard InChI is InChI=1S/C14H19FN6/c1-2-20-6-4-12(10(15)8-20)21-13-9-3-5-16-14(9)17-7-11(13)18-19-21/h7,10,12H,2-6,8H2,1H3,(H,16,17)/t10-,12+/m0/s1. The Labute approximate surface area is 122 Å². The number of hydrogen-bond acceptors (Lipinski definition) is 5. The minimum atomic E-state index is -0.901. The predicted molar refractivity (Wildman–Crippen MR) is 78.2 cm³/mol. The molecule has 2 aliphatic rings. The number of piperidine rings is 1. The van der Waals surface area contributed by atoms with Crippen LogP contribution in [0.1, 0.15) is 24.9 Å². The fraction of sp³-hybridized carbons (Fsp3) is 0.643. The predicted octanol–water partition coefficient (Wildman–Crippen LogP) is 1.40. The third-order valence-electron chi connectivity index (χ3n) is 4.63. The van der Waals surface area contributed by atoms with Crippen LogP contribution in [0.5, 0.6) is 0 Å². The first-order valence-electron chi connectivity index (χ1n) is 7.61. The molecule has 7 heteroatoms. The van der Waals surface area contributed by atoms with E-state index in [9.17, 15) is 4.39 Å². The van der Waals surface area contributed by atoms with E-state index < -0.39 is 6.17 Å². The maximum atomic E-state index is 14.6. The zero-order valence-electron chi connectivity index (χ0n) is 12.1. The van der Waals surface area contributed by atoms with Gasteiger partial charge in [0, 0.05) is 25.2 Å². The van der Waals surface area contributed by atoms with Gasteiger partial charge in [-0.3, -0.25) is 0 Å². The van der Waals surface area contributed by atoms with E-state index in [2.05, 4.69) is 32.4 Å². The molecule has 6 nitrogen and oxygen atoms in total. The van der Waals surface area contributed by atoms with Crippen LogP contribution in [0.25, 0.3) is 11.0 Å². The molecular formula is C14H19FN6. The number of halogens is 1. The Balaban J connectivity index is 1.76. The molecule has 1 saturated heterocycles. The highest BCUT2D eigenvalue weighted by Gasteiger charge is 2.33. The Hall–Kier alpha value is -1.76. The lowest BCUT2D eigenvalue weighted by Gasteiger charge is -2.34. The van der Waals surface area contributed by atoms with Gasteiger partial charge in [0.2, 0.25) is 0 Å². The minimum Gasteiger partial charge on any atom is -0.369 e. The van der Waals surface area contributed by atoms with Crippen molar-refractivity contribution in [1.29, 1.82) is 0 Å². The molecule has 2 aromatic heterocycles. The zero-order valence-corrected chi connectivity index (χ0v) is 12.1. The van der Waals surface area contributed by atoms with Crippen LogP contribution in [0.3, 0.4) is 0 Å². The number of hydrogen-bond donors (Lipinski definition) is 1. The molecule has 2 aliphatic heterocycles. The number of fused-ring (bicyclic) bond motifs is 3. The summed E-state index contributed by atoms with van der Waals surface area (Å²) in [5, 5.41) is 11.7. The lowest BCUT2D eigenvalue weighted by Crippen LogP contribution is -2.42. The number of nitrogens with one attached hydrogen (secondary N) is 1. The van der Waals surface area contributed by atoms with Crippen LogP contribution in [0.2, 0.25) is 0 Å². The SMILES string of the molecule is CCN1CC[C@@H](n2nnc3cnc4c(c32)CCN4)[C@@H](F)C1.